The zero-order valence-electron chi connectivity index (χ0n) is 21.1. The van der Waals surface area contributed by atoms with Crippen LogP contribution >= 0.6 is 11.6 Å². The predicted molar refractivity (Wildman–Crippen MR) is 143 cm³/mol. The first-order chi connectivity index (χ1) is 18.7. The van der Waals surface area contributed by atoms with E-state index in [0.29, 0.717) is 55.4 Å². The first-order valence-electron chi connectivity index (χ1n) is 12.5. The molecule has 1 heterocycles. The number of ether oxygens (including phenoxy) is 1. The van der Waals surface area contributed by atoms with Gasteiger partial charge in [0.2, 0.25) is 0 Å². The predicted octanol–water partition coefficient (Wildman–Crippen LogP) is 6.53. The number of urea groups is 1. The number of carbonyl (C=O) groups is 1. The lowest BCUT2D eigenvalue weighted by molar-refractivity contribution is -0.137. The molecule has 0 aromatic heterocycles. The molecule has 0 spiro atoms. The van der Waals surface area contributed by atoms with Gasteiger partial charge < -0.3 is 15.0 Å². The largest absolute Gasteiger partial charge is 0.416 e. The van der Waals surface area contributed by atoms with Crippen molar-refractivity contribution in [1.82, 2.24) is 9.80 Å². The number of carbonyl (C=O) groups excluding carboxylic acids is 1. The monoisotopic (exact) mass is 556 g/mol. The van der Waals surface area contributed by atoms with Gasteiger partial charge in [-0.15, -0.1) is 0 Å². The van der Waals surface area contributed by atoms with E-state index in [1.54, 1.807) is 29.2 Å². The summed E-state index contributed by atoms with van der Waals surface area (Å²) in [5.74, 6) is 0. The highest BCUT2D eigenvalue weighted by Crippen LogP contribution is 2.30. The molecule has 10 heteroatoms. The van der Waals surface area contributed by atoms with Crippen LogP contribution in [0.4, 0.5) is 23.7 Å². The number of piperazine rings is 1. The Morgan fingerprint density at radius 1 is 0.949 bits per heavy atom. The van der Waals surface area contributed by atoms with Gasteiger partial charge in [-0.3, -0.25) is 4.90 Å². The van der Waals surface area contributed by atoms with E-state index in [0.717, 1.165) is 23.3 Å². The number of benzene rings is 3. The molecule has 1 aliphatic heterocycles. The third kappa shape index (κ3) is 8.20. The maximum atomic E-state index is 12.9. The summed E-state index contributed by atoms with van der Waals surface area (Å²) in [7, 11) is 0. The van der Waals surface area contributed by atoms with Crippen LogP contribution < -0.4 is 5.32 Å². The van der Waals surface area contributed by atoms with Crippen LogP contribution in [0.1, 0.15) is 28.4 Å². The van der Waals surface area contributed by atoms with E-state index in [9.17, 15) is 18.0 Å². The molecule has 1 saturated heterocycles. The standard InChI is InChI=1S/C29H28ClF3N4O2/c30-25-9-5-23(6-10-25)27(39-20-22-1-7-24(8-2-22)29(31,32)33)19-36-15-17-37(18-16-36)28(38)35-26-11-3-21(4-12-26)13-14-34/h1-12,27H,13,15-20H2,(H,35,38)/t27-/m1/s1. The molecule has 4 rings (SSSR count). The minimum Gasteiger partial charge on any atom is -0.368 e. The van der Waals surface area contributed by atoms with E-state index in [2.05, 4.69) is 16.3 Å². The Balaban J connectivity index is 1.33. The van der Waals surface area contributed by atoms with Gasteiger partial charge in [0.1, 0.15) is 0 Å². The van der Waals surface area contributed by atoms with E-state index in [4.69, 9.17) is 21.6 Å². The first kappa shape index (κ1) is 28.4. The Kier molecular flexibility index (Phi) is 9.46. The molecule has 2 amide bonds. The molecule has 0 bridgehead atoms. The molecule has 39 heavy (non-hydrogen) atoms. The molecule has 0 saturated carbocycles. The van der Waals surface area contributed by atoms with E-state index >= 15 is 0 Å². The van der Waals surface area contributed by atoms with Crippen LogP contribution in [0.15, 0.2) is 72.8 Å². The Morgan fingerprint density at radius 2 is 1.56 bits per heavy atom. The van der Waals surface area contributed by atoms with Crippen LogP contribution in [0.2, 0.25) is 5.02 Å². The smallest absolute Gasteiger partial charge is 0.368 e. The van der Waals surface area contributed by atoms with Crippen LogP contribution in [0.5, 0.6) is 0 Å². The van der Waals surface area contributed by atoms with E-state index in [1.165, 1.54) is 12.1 Å². The second kappa shape index (κ2) is 13.0. The van der Waals surface area contributed by atoms with Crippen LogP contribution in [0.25, 0.3) is 0 Å². The summed E-state index contributed by atoms with van der Waals surface area (Å²) in [5, 5.41) is 12.3. The molecule has 1 N–H and O–H groups in total. The average molecular weight is 557 g/mol. The zero-order chi connectivity index (χ0) is 27.8. The number of hydrogen-bond donors (Lipinski definition) is 1. The van der Waals surface area contributed by atoms with E-state index < -0.39 is 11.7 Å². The Morgan fingerprint density at radius 3 is 2.15 bits per heavy atom. The number of hydrogen-bond acceptors (Lipinski definition) is 4. The highest BCUT2D eigenvalue weighted by atomic mass is 35.5. The number of halogens is 4. The van der Waals surface area contributed by atoms with E-state index in [1.807, 2.05) is 24.3 Å². The number of amides is 2. The van der Waals surface area contributed by atoms with Crippen molar-refractivity contribution in [2.45, 2.75) is 25.3 Å². The molecule has 1 atom stereocenters. The Labute approximate surface area is 230 Å². The number of rotatable bonds is 8. The second-order valence-electron chi connectivity index (χ2n) is 9.30. The maximum Gasteiger partial charge on any atom is 0.416 e. The highest BCUT2D eigenvalue weighted by molar-refractivity contribution is 6.30. The van der Waals surface area contributed by atoms with Crippen LogP contribution in [-0.2, 0) is 23.9 Å². The van der Waals surface area contributed by atoms with Crippen LogP contribution in [0, 0.1) is 11.3 Å². The molecule has 1 aliphatic rings. The summed E-state index contributed by atoms with van der Waals surface area (Å²) >= 11 is 6.06. The van der Waals surface area contributed by atoms with Crippen molar-refractivity contribution in [3.05, 3.63) is 100 Å². The molecule has 0 aliphatic carbocycles. The summed E-state index contributed by atoms with van der Waals surface area (Å²) in [4.78, 5) is 16.7. The van der Waals surface area contributed by atoms with E-state index in [-0.39, 0.29) is 18.7 Å². The van der Waals surface area contributed by atoms with Crippen LogP contribution in [-0.4, -0.2) is 48.6 Å². The quantitative estimate of drug-likeness (QED) is 0.342. The van der Waals surface area contributed by atoms with Crippen molar-refractivity contribution in [2.75, 3.05) is 38.0 Å². The van der Waals surface area contributed by atoms with Crippen molar-refractivity contribution in [3.8, 4) is 6.07 Å². The normalized spacial score (nSPS) is 15.0. The Bertz CT molecular complexity index is 1270. The third-order valence-electron chi connectivity index (χ3n) is 6.55. The zero-order valence-corrected chi connectivity index (χ0v) is 21.9. The van der Waals surface area contributed by atoms with Crippen molar-refractivity contribution in [1.29, 1.82) is 5.26 Å². The summed E-state index contributed by atoms with van der Waals surface area (Å²) in [5.41, 5.74) is 2.41. The molecule has 0 radical (unpaired) electrons. The van der Waals surface area contributed by atoms with Crippen molar-refractivity contribution < 1.29 is 22.7 Å². The number of nitrogens with zero attached hydrogens (tertiary/aromatic N) is 3. The number of nitriles is 1. The van der Waals surface area contributed by atoms with Gasteiger partial charge in [0.05, 0.1) is 30.8 Å². The first-order valence-corrected chi connectivity index (χ1v) is 12.9. The van der Waals surface area contributed by atoms with Crippen molar-refractivity contribution >= 4 is 23.3 Å². The van der Waals surface area contributed by atoms with Crippen molar-refractivity contribution in [2.24, 2.45) is 0 Å². The topological polar surface area (TPSA) is 68.6 Å². The highest BCUT2D eigenvalue weighted by Gasteiger charge is 2.30. The fraction of sp³-hybridized carbons (Fsp3) is 0.310. The number of alkyl halides is 3. The molecule has 0 unspecified atom stereocenters. The minimum absolute atomic E-state index is 0.154. The molecular formula is C29H28ClF3N4O2. The number of anilines is 1. The lowest BCUT2D eigenvalue weighted by atomic mass is 10.1. The molecule has 6 nitrogen and oxygen atoms in total. The van der Waals surface area contributed by atoms with Gasteiger partial charge in [0.25, 0.3) is 0 Å². The second-order valence-corrected chi connectivity index (χ2v) is 9.73. The summed E-state index contributed by atoms with van der Waals surface area (Å²) < 4.78 is 44.9. The van der Waals surface area contributed by atoms with Gasteiger partial charge in [-0.2, -0.15) is 18.4 Å². The fourth-order valence-electron chi connectivity index (χ4n) is 4.29. The Hall–Kier alpha value is -3.58. The fourth-order valence-corrected chi connectivity index (χ4v) is 4.41. The van der Waals surface area contributed by atoms with Gasteiger partial charge >= 0.3 is 12.2 Å². The summed E-state index contributed by atoms with van der Waals surface area (Å²) in [6.45, 7) is 3.05. The third-order valence-corrected chi connectivity index (χ3v) is 6.80. The van der Waals surface area contributed by atoms with Gasteiger partial charge in [0.15, 0.2) is 0 Å². The summed E-state index contributed by atoms with van der Waals surface area (Å²) in [6.07, 6.45) is -4.40. The van der Waals surface area contributed by atoms with Gasteiger partial charge in [-0.05, 0) is 53.1 Å². The van der Waals surface area contributed by atoms with Crippen LogP contribution in [0.3, 0.4) is 0 Å². The maximum absolute atomic E-state index is 12.9. The van der Waals surface area contributed by atoms with Gasteiger partial charge in [-0.1, -0.05) is 48.0 Å². The molecule has 204 valence electrons. The molecule has 1 fully saturated rings. The van der Waals surface area contributed by atoms with Gasteiger partial charge in [-0.25, -0.2) is 4.79 Å². The lowest BCUT2D eigenvalue weighted by Crippen LogP contribution is -2.50. The lowest BCUT2D eigenvalue weighted by Gasteiger charge is -2.36. The molecule has 3 aromatic carbocycles. The number of nitrogens with one attached hydrogen (secondary N) is 1. The average Bonchev–Trinajstić information content (AvgIpc) is 2.93. The minimum atomic E-state index is -4.38. The SMILES string of the molecule is N#CCc1ccc(NC(=O)N2CCN(C[C@@H](OCc3ccc(C(F)(F)F)cc3)c3ccc(Cl)cc3)CC2)cc1. The van der Waals surface area contributed by atoms with Gasteiger partial charge in [0, 0.05) is 43.4 Å². The molecular weight excluding hydrogens is 529 g/mol. The van der Waals surface area contributed by atoms with Crippen molar-refractivity contribution in [3.63, 3.8) is 0 Å². The summed E-state index contributed by atoms with van der Waals surface area (Å²) in [6, 6.07) is 21.4. The molecule has 3 aromatic rings.